The summed E-state index contributed by atoms with van der Waals surface area (Å²) in [6, 6.07) is 8.90. The molecule has 0 fully saturated rings. The van der Waals surface area contributed by atoms with Crippen LogP contribution in [0, 0.1) is 13.0 Å². The molecular weight excluding hydrogens is 224 g/mol. The molecule has 1 N–H and O–H groups in total. The highest BCUT2D eigenvalue weighted by Crippen LogP contribution is 2.12. The number of nitrogens with one attached hydrogen (secondary N) is 1. The highest BCUT2D eigenvalue weighted by atomic mass is 32.2. The second kappa shape index (κ2) is 5.32. The molecule has 0 atom stereocenters. The van der Waals surface area contributed by atoms with Crippen LogP contribution in [-0.4, -0.2) is 34.8 Å². The molecule has 0 saturated heterocycles. The summed E-state index contributed by atoms with van der Waals surface area (Å²) in [5, 5.41) is 0. The van der Waals surface area contributed by atoms with Gasteiger partial charge in [-0.15, -0.1) is 0 Å². The molecule has 1 aromatic rings. The van der Waals surface area contributed by atoms with Crippen LogP contribution in [-0.2, 0) is 10.0 Å². The van der Waals surface area contributed by atoms with Crippen LogP contribution in [0.5, 0.6) is 0 Å². The minimum atomic E-state index is -3.09. The summed E-state index contributed by atoms with van der Waals surface area (Å²) < 4.78 is 24.2. The van der Waals surface area contributed by atoms with Gasteiger partial charge in [-0.05, 0) is 30.7 Å². The van der Waals surface area contributed by atoms with Crippen LogP contribution in [0.4, 0.5) is 5.69 Å². The molecule has 4 nitrogen and oxygen atoms in total. The van der Waals surface area contributed by atoms with Gasteiger partial charge in [-0.1, -0.05) is 6.07 Å². The first-order valence-electron chi connectivity index (χ1n) is 5.02. The van der Waals surface area contributed by atoms with Crippen molar-refractivity contribution in [1.82, 2.24) is 4.72 Å². The van der Waals surface area contributed by atoms with Gasteiger partial charge in [0.1, 0.15) is 0 Å². The van der Waals surface area contributed by atoms with Crippen LogP contribution < -0.4 is 9.62 Å². The van der Waals surface area contributed by atoms with Gasteiger partial charge in [0.25, 0.3) is 0 Å². The quantitative estimate of drug-likeness (QED) is 0.829. The van der Waals surface area contributed by atoms with Crippen molar-refractivity contribution in [2.45, 2.75) is 6.92 Å². The van der Waals surface area contributed by atoms with Crippen molar-refractivity contribution in [3.8, 4) is 0 Å². The molecule has 0 amide bonds. The van der Waals surface area contributed by atoms with E-state index in [1.807, 2.05) is 37.1 Å². The van der Waals surface area contributed by atoms with Gasteiger partial charge in [-0.2, -0.15) is 0 Å². The first-order valence-corrected chi connectivity index (χ1v) is 6.92. The third-order valence-corrected chi connectivity index (χ3v) is 2.91. The van der Waals surface area contributed by atoms with Crippen molar-refractivity contribution in [3.63, 3.8) is 0 Å². The van der Waals surface area contributed by atoms with Crippen molar-refractivity contribution < 1.29 is 8.42 Å². The second-order valence-corrected chi connectivity index (χ2v) is 5.65. The van der Waals surface area contributed by atoms with Gasteiger partial charge in [0, 0.05) is 25.8 Å². The Hall–Kier alpha value is -1.07. The summed E-state index contributed by atoms with van der Waals surface area (Å²) in [6.45, 7) is 3.02. The summed E-state index contributed by atoms with van der Waals surface area (Å²) in [5.74, 6) is 0. The van der Waals surface area contributed by atoms with Gasteiger partial charge in [0.05, 0.1) is 6.26 Å². The third kappa shape index (κ3) is 4.63. The number of sulfonamides is 1. The van der Waals surface area contributed by atoms with Crippen LogP contribution in [0.1, 0.15) is 5.56 Å². The monoisotopic (exact) mass is 241 g/mol. The molecule has 0 unspecified atom stereocenters. The Morgan fingerprint density at radius 3 is 2.75 bits per heavy atom. The van der Waals surface area contributed by atoms with E-state index in [0.717, 1.165) is 17.5 Å². The zero-order chi connectivity index (χ0) is 12.2. The second-order valence-electron chi connectivity index (χ2n) is 3.82. The Kier molecular flexibility index (Phi) is 4.32. The van der Waals surface area contributed by atoms with Crippen molar-refractivity contribution in [2.24, 2.45) is 0 Å². The predicted molar refractivity (Wildman–Crippen MR) is 66.1 cm³/mol. The molecule has 0 spiro atoms. The van der Waals surface area contributed by atoms with Crippen molar-refractivity contribution in [1.29, 1.82) is 0 Å². The fourth-order valence-electron chi connectivity index (χ4n) is 1.34. The Bertz CT molecular complexity index is 443. The number of benzene rings is 1. The molecule has 0 aliphatic carbocycles. The van der Waals surface area contributed by atoms with Gasteiger partial charge in [0.2, 0.25) is 10.0 Å². The van der Waals surface area contributed by atoms with E-state index < -0.39 is 10.0 Å². The van der Waals surface area contributed by atoms with Crippen LogP contribution in [0.3, 0.4) is 0 Å². The van der Waals surface area contributed by atoms with Gasteiger partial charge in [-0.3, -0.25) is 0 Å². The van der Waals surface area contributed by atoms with Crippen LogP contribution in [0.25, 0.3) is 0 Å². The number of hydrogen-bond acceptors (Lipinski definition) is 3. The SMILES string of the molecule is Cc1[c]ccc(N(C)CCNS(C)(=O)=O)c1. The Labute approximate surface area is 97.3 Å². The number of rotatable bonds is 5. The first kappa shape index (κ1) is 13.0. The van der Waals surface area contributed by atoms with E-state index in [1.54, 1.807) is 0 Å². The third-order valence-electron chi connectivity index (χ3n) is 2.18. The normalized spacial score (nSPS) is 11.4. The zero-order valence-corrected chi connectivity index (χ0v) is 10.6. The molecule has 0 saturated carbocycles. The van der Waals surface area contributed by atoms with E-state index in [-0.39, 0.29) is 0 Å². The molecule has 0 aromatic heterocycles. The van der Waals surface area contributed by atoms with Crippen LogP contribution in [0.15, 0.2) is 18.2 Å². The van der Waals surface area contributed by atoms with E-state index in [1.165, 1.54) is 0 Å². The molecule has 0 bridgehead atoms. The van der Waals surface area contributed by atoms with Crippen molar-refractivity contribution >= 4 is 15.7 Å². The van der Waals surface area contributed by atoms with Crippen molar-refractivity contribution in [2.75, 3.05) is 31.3 Å². The summed E-state index contributed by atoms with van der Waals surface area (Å²) in [6.07, 6.45) is 1.16. The Morgan fingerprint density at radius 2 is 2.19 bits per heavy atom. The van der Waals surface area contributed by atoms with Gasteiger partial charge in [0.15, 0.2) is 0 Å². The summed E-state index contributed by atoms with van der Waals surface area (Å²) >= 11 is 0. The molecular formula is C11H17N2O2S. The van der Waals surface area contributed by atoms with E-state index in [4.69, 9.17) is 0 Å². The number of likely N-dealkylation sites (N-methyl/N-ethyl adjacent to an activating group) is 1. The lowest BCUT2D eigenvalue weighted by atomic mass is 10.2. The molecule has 1 rings (SSSR count). The zero-order valence-electron chi connectivity index (χ0n) is 9.82. The topological polar surface area (TPSA) is 49.4 Å². The number of hydrogen-bond donors (Lipinski definition) is 1. The number of nitrogens with zero attached hydrogens (tertiary/aromatic N) is 1. The Morgan fingerprint density at radius 1 is 1.50 bits per heavy atom. The smallest absolute Gasteiger partial charge is 0.208 e. The van der Waals surface area contributed by atoms with E-state index >= 15 is 0 Å². The average molecular weight is 241 g/mol. The average Bonchev–Trinajstić information content (AvgIpc) is 2.15. The summed E-state index contributed by atoms with van der Waals surface area (Å²) in [7, 11) is -1.16. The molecule has 1 aromatic carbocycles. The molecule has 5 heteroatoms. The highest BCUT2D eigenvalue weighted by Gasteiger charge is 2.03. The fraction of sp³-hybridized carbons (Fsp3) is 0.455. The minimum Gasteiger partial charge on any atom is -0.373 e. The van der Waals surface area contributed by atoms with Gasteiger partial charge < -0.3 is 4.90 Å². The summed E-state index contributed by atoms with van der Waals surface area (Å²) in [4.78, 5) is 2.00. The van der Waals surface area contributed by atoms with Gasteiger partial charge in [-0.25, -0.2) is 13.1 Å². The Balaban J connectivity index is 2.50. The van der Waals surface area contributed by atoms with Gasteiger partial charge >= 0.3 is 0 Å². The molecule has 0 aliphatic rings. The highest BCUT2D eigenvalue weighted by molar-refractivity contribution is 7.88. The molecule has 0 aliphatic heterocycles. The maximum Gasteiger partial charge on any atom is 0.208 e. The minimum absolute atomic E-state index is 0.410. The lowest BCUT2D eigenvalue weighted by molar-refractivity contribution is 0.588. The lowest BCUT2D eigenvalue weighted by Gasteiger charge is -2.19. The standard InChI is InChI=1S/C11H17N2O2S/c1-10-5-4-6-11(9-10)13(2)8-7-12-16(3,14)15/h4,6,9,12H,7-8H2,1-3H3. The number of anilines is 1. The van der Waals surface area contributed by atoms with E-state index in [2.05, 4.69) is 10.8 Å². The maximum atomic E-state index is 10.9. The van der Waals surface area contributed by atoms with Crippen LogP contribution >= 0.6 is 0 Å². The predicted octanol–water partition coefficient (Wildman–Crippen LogP) is 0.781. The van der Waals surface area contributed by atoms with Crippen LogP contribution in [0.2, 0.25) is 0 Å². The molecule has 1 radical (unpaired) electrons. The molecule has 16 heavy (non-hydrogen) atoms. The first-order chi connectivity index (χ1) is 7.38. The fourth-order valence-corrected chi connectivity index (χ4v) is 1.80. The van der Waals surface area contributed by atoms with E-state index in [9.17, 15) is 8.42 Å². The maximum absolute atomic E-state index is 10.9. The largest absolute Gasteiger partial charge is 0.373 e. The van der Waals surface area contributed by atoms with Crippen molar-refractivity contribution in [3.05, 3.63) is 29.8 Å². The molecule has 0 heterocycles. The van der Waals surface area contributed by atoms with E-state index in [0.29, 0.717) is 13.1 Å². The lowest BCUT2D eigenvalue weighted by Crippen LogP contribution is -2.32. The molecule has 89 valence electrons. The number of aryl methyl sites for hydroxylation is 1. The summed E-state index contributed by atoms with van der Waals surface area (Å²) in [5.41, 5.74) is 2.13.